The fraction of sp³-hybridized carbons (Fsp3) is 0.611. The summed E-state index contributed by atoms with van der Waals surface area (Å²) < 4.78 is 11.5. The zero-order valence-corrected chi connectivity index (χ0v) is 14.3. The first kappa shape index (κ1) is 17.6. The van der Waals surface area contributed by atoms with Crippen molar-refractivity contribution in [2.45, 2.75) is 45.3 Å². The summed E-state index contributed by atoms with van der Waals surface area (Å²) in [5, 5.41) is 6.57. The molecule has 1 aliphatic rings. The molecule has 0 atom stereocenters. The van der Waals surface area contributed by atoms with E-state index in [-0.39, 0.29) is 0 Å². The molecule has 0 unspecified atom stereocenters. The molecule has 0 aromatic heterocycles. The lowest BCUT2D eigenvalue weighted by Gasteiger charge is -2.18. The van der Waals surface area contributed by atoms with E-state index in [4.69, 9.17) is 9.47 Å². The van der Waals surface area contributed by atoms with Crippen LogP contribution < -0.4 is 15.4 Å². The predicted molar refractivity (Wildman–Crippen MR) is 94.0 cm³/mol. The molecule has 0 heterocycles. The highest BCUT2D eigenvalue weighted by atomic mass is 16.5. The second-order valence-electron chi connectivity index (χ2n) is 5.68. The molecule has 0 bridgehead atoms. The Morgan fingerprint density at radius 1 is 1.22 bits per heavy atom. The average Bonchev–Trinajstić information content (AvgIpc) is 3.08. The van der Waals surface area contributed by atoms with Crippen LogP contribution in [-0.4, -0.2) is 38.9 Å². The van der Waals surface area contributed by atoms with E-state index in [0.29, 0.717) is 19.3 Å². The van der Waals surface area contributed by atoms with Crippen molar-refractivity contribution in [2.75, 3.05) is 26.8 Å². The number of para-hydroxylation sites is 1. The summed E-state index contributed by atoms with van der Waals surface area (Å²) in [6.07, 6.45) is 5.27. The second kappa shape index (κ2) is 10.1. The van der Waals surface area contributed by atoms with Crippen LogP contribution in [0.4, 0.5) is 0 Å². The van der Waals surface area contributed by atoms with Crippen LogP contribution in [0.5, 0.6) is 5.75 Å². The van der Waals surface area contributed by atoms with E-state index >= 15 is 0 Å². The number of ether oxygens (including phenoxy) is 2. The fourth-order valence-electron chi connectivity index (χ4n) is 2.74. The van der Waals surface area contributed by atoms with Gasteiger partial charge < -0.3 is 20.1 Å². The van der Waals surface area contributed by atoms with Crippen LogP contribution in [0.2, 0.25) is 0 Å². The molecule has 5 nitrogen and oxygen atoms in total. The van der Waals surface area contributed by atoms with Crippen molar-refractivity contribution in [1.82, 2.24) is 10.6 Å². The molecule has 23 heavy (non-hydrogen) atoms. The zero-order valence-electron chi connectivity index (χ0n) is 14.3. The average molecular weight is 319 g/mol. The zero-order chi connectivity index (χ0) is 16.3. The third-order valence-corrected chi connectivity index (χ3v) is 3.98. The number of aliphatic imine (C=N–C) groups is 1. The van der Waals surface area contributed by atoms with Gasteiger partial charge in [0.1, 0.15) is 5.75 Å². The molecule has 2 N–H and O–H groups in total. The van der Waals surface area contributed by atoms with Gasteiger partial charge in [0.25, 0.3) is 0 Å². The minimum absolute atomic E-state index is 0.375. The van der Waals surface area contributed by atoms with Crippen molar-refractivity contribution in [2.24, 2.45) is 4.99 Å². The Balaban J connectivity index is 1.83. The number of nitrogens with one attached hydrogen (secondary N) is 2. The topological polar surface area (TPSA) is 54.9 Å². The minimum atomic E-state index is 0.375. The van der Waals surface area contributed by atoms with Crippen molar-refractivity contribution in [1.29, 1.82) is 0 Å². The molecule has 0 aliphatic heterocycles. The lowest BCUT2D eigenvalue weighted by molar-refractivity contribution is 0.152. The first-order chi connectivity index (χ1) is 11.3. The maximum atomic E-state index is 6.17. The molecule has 0 radical (unpaired) electrons. The van der Waals surface area contributed by atoms with Gasteiger partial charge in [-0.1, -0.05) is 18.2 Å². The normalized spacial score (nSPS) is 15.7. The van der Waals surface area contributed by atoms with E-state index in [0.717, 1.165) is 30.4 Å². The van der Waals surface area contributed by atoms with E-state index in [1.807, 2.05) is 19.1 Å². The number of benzene rings is 1. The van der Waals surface area contributed by atoms with Crippen molar-refractivity contribution in [3.63, 3.8) is 0 Å². The Morgan fingerprint density at radius 2 is 2.00 bits per heavy atom. The van der Waals surface area contributed by atoms with Crippen LogP contribution in [0.15, 0.2) is 29.3 Å². The number of hydrogen-bond donors (Lipinski definition) is 2. The van der Waals surface area contributed by atoms with E-state index in [1.165, 1.54) is 25.7 Å². The van der Waals surface area contributed by atoms with E-state index < -0.39 is 0 Å². The molecule has 1 aromatic carbocycles. The molecule has 1 fully saturated rings. The summed E-state index contributed by atoms with van der Waals surface area (Å²) in [4.78, 5) is 4.23. The molecule has 5 heteroatoms. The monoisotopic (exact) mass is 319 g/mol. The van der Waals surface area contributed by atoms with Crippen molar-refractivity contribution >= 4 is 5.96 Å². The molecular weight excluding hydrogens is 290 g/mol. The van der Waals surface area contributed by atoms with Gasteiger partial charge in [-0.3, -0.25) is 4.99 Å². The Hall–Kier alpha value is -1.75. The Morgan fingerprint density at radius 3 is 2.74 bits per heavy atom. The molecule has 2 rings (SSSR count). The lowest BCUT2D eigenvalue weighted by atomic mass is 10.2. The van der Waals surface area contributed by atoms with Crippen LogP contribution in [-0.2, 0) is 11.3 Å². The maximum Gasteiger partial charge on any atom is 0.191 e. The van der Waals surface area contributed by atoms with E-state index in [2.05, 4.69) is 27.8 Å². The first-order valence-electron chi connectivity index (χ1n) is 8.60. The highest BCUT2D eigenvalue weighted by Crippen LogP contribution is 2.26. The van der Waals surface area contributed by atoms with Crippen LogP contribution in [0.25, 0.3) is 0 Å². The quantitative estimate of drug-likeness (QED) is 0.439. The van der Waals surface area contributed by atoms with Crippen LogP contribution in [0.1, 0.15) is 38.2 Å². The predicted octanol–water partition coefficient (Wildman–Crippen LogP) is 2.71. The standard InChI is InChI=1S/C18H29N3O2/c1-3-22-13-12-20-18(19-2)21-14-15-8-4-7-11-17(15)23-16-9-5-6-10-16/h4,7-8,11,16H,3,5-6,9-10,12-14H2,1-2H3,(H2,19,20,21). The van der Waals surface area contributed by atoms with Crippen LogP contribution >= 0.6 is 0 Å². The van der Waals surface area contributed by atoms with E-state index in [9.17, 15) is 0 Å². The summed E-state index contributed by atoms with van der Waals surface area (Å²) in [6.45, 7) is 4.84. The molecule has 0 spiro atoms. The third kappa shape index (κ3) is 6.10. The van der Waals surface area contributed by atoms with Gasteiger partial charge in [-0.2, -0.15) is 0 Å². The van der Waals surface area contributed by atoms with E-state index in [1.54, 1.807) is 7.05 Å². The van der Waals surface area contributed by atoms with Gasteiger partial charge in [0, 0.05) is 32.3 Å². The molecular formula is C18H29N3O2. The van der Waals surface area contributed by atoms with Crippen LogP contribution in [0.3, 0.4) is 0 Å². The summed E-state index contributed by atoms with van der Waals surface area (Å²) in [5.41, 5.74) is 1.16. The molecule has 1 aliphatic carbocycles. The largest absolute Gasteiger partial charge is 0.490 e. The van der Waals surface area contributed by atoms with Gasteiger partial charge in [-0.15, -0.1) is 0 Å². The Kier molecular flexibility index (Phi) is 7.73. The first-order valence-corrected chi connectivity index (χ1v) is 8.60. The minimum Gasteiger partial charge on any atom is -0.490 e. The number of nitrogens with zero attached hydrogens (tertiary/aromatic N) is 1. The highest BCUT2D eigenvalue weighted by Gasteiger charge is 2.17. The second-order valence-corrected chi connectivity index (χ2v) is 5.68. The Bertz CT molecular complexity index is 485. The van der Waals surface area contributed by atoms with Crippen molar-refractivity contribution in [3.05, 3.63) is 29.8 Å². The Labute approximate surface area is 139 Å². The van der Waals surface area contributed by atoms with Gasteiger partial charge in [0.2, 0.25) is 0 Å². The molecule has 128 valence electrons. The lowest BCUT2D eigenvalue weighted by Crippen LogP contribution is -2.38. The molecule has 0 amide bonds. The summed E-state index contributed by atoms with van der Waals surface area (Å²) in [5.74, 6) is 1.76. The fourth-order valence-corrected chi connectivity index (χ4v) is 2.74. The number of rotatable bonds is 8. The summed E-state index contributed by atoms with van der Waals surface area (Å²) >= 11 is 0. The third-order valence-electron chi connectivity index (χ3n) is 3.98. The maximum absolute atomic E-state index is 6.17. The van der Waals surface area contributed by atoms with Gasteiger partial charge >= 0.3 is 0 Å². The number of hydrogen-bond acceptors (Lipinski definition) is 3. The number of guanidine groups is 1. The summed E-state index contributed by atoms with van der Waals surface area (Å²) in [6, 6.07) is 8.23. The van der Waals surface area contributed by atoms with Crippen molar-refractivity contribution in [3.8, 4) is 5.75 Å². The highest BCUT2D eigenvalue weighted by molar-refractivity contribution is 5.79. The van der Waals surface area contributed by atoms with Gasteiger partial charge in [0.05, 0.1) is 12.7 Å². The van der Waals surface area contributed by atoms with Crippen LogP contribution in [0, 0.1) is 0 Å². The van der Waals surface area contributed by atoms with Gasteiger partial charge in [-0.25, -0.2) is 0 Å². The van der Waals surface area contributed by atoms with Gasteiger partial charge in [-0.05, 0) is 38.7 Å². The molecule has 0 saturated heterocycles. The molecule has 1 aromatic rings. The molecule has 1 saturated carbocycles. The summed E-state index contributed by atoms with van der Waals surface area (Å²) in [7, 11) is 1.77. The van der Waals surface area contributed by atoms with Gasteiger partial charge in [0.15, 0.2) is 5.96 Å². The SMILES string of the molecule is CCOCCNC(=NC)NCc1ccccc1OC1CCCC1. The smallest absolute Gasteiger partial charge is 0.191 e. The van der Waals surface area contributed by atoms with Crippen molar-refractivity contribution < 1.29 is 9.47 Å².